The quantitative estimate of drug-likeness (QED) is 0.877. The normalized spacial score (nSPS) is 24.1. The number of rotatable bonds is 2. The largest absolute Gasteiger partial charge is 0.391 e. The predicted octanol–water partition coefficient (Wildman–Crippen LogP) is 1.87. The summed E-state index contributed by atoms with van der Waals surface area (Å²) < 4.78 is 7.21. The summed E-state index contributed by atoms with van der Waals surface area (Å²) in [7, 11) is 0. The van der Waals surface area contributed by atoms with Crippen LogP contribution in [0, 0.1) is 0 Å². The van der Waals surface area contributed by atoms with Crippen LogP contribution in [0.4, 0.5) is 0 Å². The topological polar surface area (TPSA) is 47.3 Å². The van der Waals surface area contributed by atoms with Crippen molar-refractivity contribution in [2.45, 2.75) is 18.6 Å². The lowest BCUT2D eigenvalue weighted by Gasteiger charge is -2.27. The van der Waals surface area contributed by atoms with Gasteiger partial charge in [-0.3, -0.25) is 4.68 Å². The Kier molecular flexibility index (Phi) is 3.13. The van der Waals surface area contributed by atoms with E-state index in [0.717, 1.165) is 11.1 Å². The first-order valence-electron chi connectivity index (χ1n) is 6.20. The van der Waals surface area contributed by atoms with E-state index in [1.165, 1.54) is 0 Å². The van der Waals surface area contributed by atoms with Gasteiger partial charge in [0.15, 0.2) is 0 Å². The lowest BCUT2D eigenvalue weighted by molar-refractivity contribution is -0.0329. The molecule has 0 aliphatic carbocycles. The Hall–Kier alpha value is -1.65. The number of nitrogens with zero attached hydrogens (tertiary/aromatic N) is 2. The van der Waals surface area contributed by atoms with Gasteiger partial charge in [0.25, 0.3) is 0 Å². The molecule has 4 heteroatoms. The van der Waals surface area contributed by atoms with Crippen LogP contribution in [0.1, 0.15) is 12.5 Å². The van der Waals surface area contributed by atoms with Crippen molar-refractivity contribution in [3.63, 3.8) is 0 Å². The fourth-order valence-electron chi connectivity index (χ4n) is 2.26. The second-order valence-electron chi connectivity index (χ2n) is 4.57. The summed E-state index contributed by atoms with van der Waals surface area (Å²) in [4.78, 5) is 0. The Morgan fingerprint density at radius 3 is 2.83 bits per heavy atom. The van der Waals surface area contributed by atoms with Gasteiger partial charge in [0.1, 0.15) is 6.04 Å². The summed E-state index contributed by atoms with van der Waals surface area (Å²) >= 11 is 0. The fraction of sp³-hybridized carbons (Fsp3) is 0.357. The van der Waals surface area contributed by atoms with E-state index in [2.05, 4.69) is 17.2 Å². The summed E-state index contributed by atoms with van der Waals surface area (Å²) in [6.07, 6.45) is 4.10. The molecule has 2 unspecified atom stereocenters. The number of benzene rings is 1. The van der Waals surface area contributed by atoms with Crippen molar-refractivity contribution in [3.05, 3.63) is 42.7 Å². The van der Waals surface area contributed by atoms with Crippen LogP contribution in [0.2, 0.25) is 0 Å². The second-order valence-corrected chi connectivity index (χ2v) is 4.57. The molecule has 0 amide bonds. The number of hydrogen-bond acceptors (Lipinski definition) is 3. The van der Waals surface area contributed by atoms with Crippen LogP contribution < -0.4 is 0 Å². The van der Waals surface area contributed by atoms with E-state index in [-0.39, 0.29) is 12.1 Å². The Labute approximate surface area is 106 Å². The van der Waals surface area contributed by atoms with Crippen molar-refractivity contribution in [3.8, 4) is 11.1 Å². The van der Waals surface area contributed by atoms with Gasteiger partial charge in [0.2, 0.25) is 0 Å². The lowest BCUT2D eigenvalue weighted by atomic mass is 10.1. The molecule has 0 radical (unpaired) electrons. The van der Waals surface area contributed by atoms with Gasteiger partial charge in [0, 0.05) is 18.4 Å². The highest BCUT2D eigenvalue weighted by Gasteiger charge is 2.25. The van der Waals surface area contributed by atoms with E-state index in [9.17, 15) is 5.11 Å². The van der Waals surface area contributed by atoms with Crippen molar-refractivity contribution in [2.75, 3.05) is 13.2 Å². The molecule has 1 aliphatic heterocycles. The molecule has 1 N–H and O–H groups in total. The summed E-state index contributed by atoms with van der Waals surface area (Å²) in [5, 5.41) is 14.3. The Bertz CT molecular complexity index is 510. The highest BCUT2D eigenvalue weighted by Crippen LogP contribution is 2.23. The number of hydrogen-bond donors (Lipinski definition) is 1. The van der Waals surface area contributed by atoms with Gasteiger partial charge in [-0.1, -0.05) is 30.3 Å². The molecule has 2 atom stereocenters. The predicted molar refractivity (Wildman–Crippen MR) is 68.1 cm³/mol. The fourth-order valence-corrected chi connectivity index (χ4v) is 2.26. The summed E-state index contributed by atoms with van der Waals surface area (Å²) in [6, 6.07) is 10.0. The molecule has 0 bridgehead atoms. The van der Waals surface area contributed by atoms with Crippen LogP contribution >= 0.6 is 0 Å². The third-order valence-corrected chi connectivity index (χ3v) is 3.34. The van der Waals surface area contributed by atoms with Crippen LogP contribution in [0.5, 0.6) is 0 Å². The summed E-state index contributed by atoms with van der Waals surface area (Å²) in [5.41, 5.74) is 2.20. The zero-order valence-electron chi connectivity index (χ0n) is 10.1. The first-order chi connectivity index (χ1) is 8.84. The van der Waals surface area contributed by atoms with Gasteiger partial charge < -0.3 is 9.84 Å². The van der Waals surface area contributed by atoms with E-state index in [1.807, 2.05) is 35.3 Å². The molecule has 1 aromatic heterocycles. The lowest BCUT2D eigenvalue weighted by Crippen LogP contribution is -2.34. The smallest absolute Gasteiger partial charge is 0.101 e. The van der Waals surface area contributed by atoms with Gasteiger partial charge in [0.05, 0.1) is 18.9 Å². The van der Waals surface area contributed by atoms with Crippen LogP contribution in [0.25, 0.3) is 11.1 Å². The molecule has 18 heavy (non-hydrogen) atoms. The van der Waals surface area contributed by atoms with Crippen molar-refractivity contribution >= 4 is 0 Å². The summed E-state index contributed by atoms with van der Waals surface area (Å²) in [5.74, 6) is 0. The Morgan fingerprint density at radius 1 is 1.22 bits per heavy atom. The van der Waals surface area contributed by atoms with Crippen LogP contribution in [0.15, 0.2) is 42.7 Å². The van der Waals surface area contributed by atoms with Crippen LogP contribution in [-0.4, -0.2) is 34.2 Å². The average molecular weight is 244 g/mol. The van der Waals surface area contributed by atoms with E-state index >= 15 is 0 Å². The monoisotopic (exact) mass is 244 g/mol. The maximum atomic E-state index is 9.96. The van der Waals surface area contributed by atoms with Gasteiger partial charge in [-0.2, -0.15) is 5.10 Å². The molecule has 1 saturated heterocycles. The van der Waals surface area contributed by atoms with E-state index < -0.39 is 0 Å². The maximum Gasteiger partial charge on any atom is 0.101 e. The molecular formula is C14H16N2O2. The molecule has 0 saturated carbocycles. The molecule has 4 nitrogen and oxygen atoms in total. The van der Waals surface area contributed by atoms with E-state index in [0.29, 0.717) is 19.6 Å². The molecular weight excluding hydrogens is 228 g/mol. The molecule has 1 aromatic carbocycles. The standard InChI is InChI=1S/C14H16N2O2/c17-14-6-7-18-10-13(14)16-9-12(8-15-16)11-4-2-1-3-5-11/h1-5,8-9,13-14,17H,6-7,10H2. The number of aliphatic hydroxyl groups is 1. The minimum Gasteiger partial charge on any atom is -0.391 e. The molecule has 2 heterocycles. The summed E-state index contributed by atoms with van der Waals surface area (Å²) in [6.45, 7) is 1.15. The minimum atomic E-state index is -0.373. The van der Waals surface area contributed by atoms with E-state index in [4.69, 9.17) is 4.74 Å². The van der Waals surface area contributed by atoms with Crippen molar-refractivity contribution in [1.29, 1.82) is 0 Å². The second kappa shape index (κ2) is 4.92. The number of ether oxygens (including phenoxy) is 1. The Balaban J connectivity index is 1.85. The van der Waals surface area contributed by atoms with Gasteiger partial charge in [-0.15, -0.1) is 0 Å². The van der Waals surface area contributed by atoms with Gasteiger partial charge in [-0.05, 0) is 12.0 Å². The van der Waals surface area contributed by atoms with Gasteiger partial charge >= 0.3 is 0 Å². The van der Waals surface area contributed by atoms with Gasteiger partial charge in [-0.25, -0.2) is 0 Å². The molecule has 2 aromatic rings. The van der Waals surface area contributed by atoms with Crippen molar-refractivity contribution in [1.82, 2.24) is 9.78 Å². The molecule has 3 rings (SSSR count). The highest BCUT2D eigenvalue weighted by molar-refractivity contribution is 5.61. The SMILES string of the molecule is OC1CCOCC1n1cc(-c2ccccc2)cn1. The molecule has 94 valence electrons. The average Bonchev–Trinajstić information content (AvgIpc) is 2.90. The maximum absolute atomic E-state index is 9.96. The highest BCUT2D eigenvalue weighted by atomic mass is 16.5. The third-order valence-electron chi connectivity index (χ3n) is 3.34. The van der Waals surface area contributed by atoms with Crippen LogP contribution in [-0.2, 0) is 4.74 Å². The zero-order chi connectivity index (χ0) is 12.4. The number of aliphatic hydroxyl groups excluding tert-OH is 1. The molecule has 0 spiro atoms. The van der Waals surface area contributed by atoms with Crippen LogP contribution in [0.3, 0.4) is 0 Å². The molecule has 1 aliphatic rings. The van der Waals surface area contributed by atoms with Crippen molar-refractivity contribution < 1.29 is 9.84 Å². The zero-order valence-corrected chi connectivity index (χ0v) is 10.1. The molecule has 1 fully saturated rings. The Morgan fingerprint density at radius 2 is 2.06 bits per heavy atom. The van der Waals surface area contributed by atoms with E-state index in [1.54, 1.807) is 0 Å². The minimum absolute atomic E-state index is 0.0730. The first kappa shape index (κ1) is 11.4. The van der Waals surface area contributed by atoms with Crippen molar-refractivity contribution in [2.24, 2.45) is 0 Å². The third kappa shape index (κ3) is 2.17. The first-order valence-corrected chi connectivity index (χ1v) is 6.20. The number of aromatic nitrogens is 2.